The largest absolute Gasteiger partial charge is 0.394 e. The normalized spacial score (nSPS) is 21.2. The lowest BCUT2D eigenvalue weighted by molar-refractivity contribution is -0.139. The number of amides is 1. The summed E-state index contributed by atoms with van der Waals surface area (Å²) in [6.07, 6.45) is 1.07. The number of aliphatic hydroxyl groups is 1. The van der Waals surface area contributed by atoms with Crippen LogP contribution in [0.25, 0.3) is 0 Å². The maximum Gasteiger partial charge on any atom is 0.255 e. The van der Waals surface area contributed by atoms with E-state index >= 15 is 0 Å². The van der Waals surface area contributed by atoms with Crippen LogP contribution >= 0.6 is 11.6 Å². The van der Waals surface area contributed by atoms with E-state index in [2.05, 4.69) is 10.3 Å². The number of anilines is 1. The van der Waals surface area contributed by atoms with Gasteiger partial charge in [-0.25, -0.2) is 4.98 Å². The second kappa shape index (κ2) is 6.17. The van der Waals surface area contributed by atoms with Crippen LogP contribution in [0.1, 0.15) is 24.2 Å². The average molecular weight is 314 g/mol. The van der Waals surface area contributed by atoms with Gasteiger partial charge in [0.1, 0.15) is 5.82 Å². The Labute approximate surface area is 129 Å². The zero-order valence-corrected chi connectivity index (χ0v) is 13.1. The summed E-state index contributed by atoms with van der Waals surface area (Å²) in [5.74, 6) is 0.391. The molecule has 7 heteroatoms. The lowest BCUT2D eigenvalue weighted by atomic mass is 10.0. The highest BCUT2D eigenvalue weighted by Gasteiger charge is 2.36. The molecule has 1 atom stereocenters. The van der Waals surface area contributed by atoms with Crippen molar-refractivity contribution in [3.8, 4) is 0 Å². The molecule has 1 aromatic heterocycles. The highest BCUT2D eigenvalue weighted by Crippen LogP contribution is 2.25. The van der Waals surface area contributed by atoms with E-state index in [1.807, 2.05) is 13.8 Å². The first-order valence-corrected chi connectivity index (χ1v) is 7.15. The van der Waals surface area contributed by atoms with Crippen LogP contribution in [-0.2, 0) is 4.74 Å². The van der Waals surface area contributed by atoms with E-state index < -0.39 is 5.60 Å². The number of carbonyl (C=O) groups is 1. The van der Waals surface area contributed by atoms with Crippen molar-refractivity contribution in [2.75, 3.05) is 32.1 Å². The summed E-state index contributed by atoms with van der Waals surface area (Å²) in [6.45, 7) is 4.44. The molecular weight excluding hydrogens is 294 g/mol. The van der Waals surface area contributed by atoms with Crippen LogP contribution < -0.4 is 5.32 Å². The first-order chi connectivity index (χ1) is 9.86. The maximum absolute atomic E-state index is 12.7. The van der Waals surface area contributed by atoms with Gasteiger partial charge < -0.3 is 20.1 Å². The van der Waals surface area contributed by atoms with Crippen LogP contribution in [0.3, 0.4) is 0 Å². The lowest BCUT2D eigenvalue weighted by Gasteiger charge is -2.42. The van der Waals surface area contributed by atoms with Crippen molar-refractivity contribution >= 4 is 23.3 Å². The van der Waals surface area contributed by atoms with Gasteiger partial charge >= 0.3 is 0 Å². The first kappa shape index (κ1) is 16.0. The standard InChI is InChI=1S/C14H20ClN3O3/c1-14(2)8-18(6-9(7-19)21-14)13(20)10-4-12(16-3)17-5-11(10)15/h4-5,9,19H,6-8H2,1-3H3,(H,16,17). The van der Waals surface area contributed by atoms with Gasteiger partial charge in [0.15, 0.2) is 0 Å². The Bertz CT molecular complexity index is 536. The van der Waals surface area contributed by atoms with E-state index in [0.717, 1.165) is 0 Å². The van der Waals surface area contributed by atoms with Gasteiger partial charge in [-0.2, -0.15) is 0 Å². The highest BCUT2D eigenvalue weighted by molar-refractivity contribution is 6.33. The van der Waals surface area contributed by atoms with Gasteiger partial charge in [0.25, 0.3) is 5.91 Å². The van der Waals surface area contributed by atoms with Crippen LogP contribution in [0.2, 0.25) is 5.02 Å². The number of carbonyl (C=O) groups excluding carboxylic acids is 1. The molecule has 0 saturated carbocycles. The van der Waals surface area contributed by atoms with E-state index in [0.29, 0.717) is 29.5 Å². The number of nitrogens with one attached hydrogen (secondary N) is 1. The van der Waals surface area contributed by atoms with E-state index in [1.165, 1.54) is 6.20 Å². The predicted octanol–water partition coefficient (Wildman–Crippen LogP) is 1.39. The number of hydrogen-bond acceptors (Lipinski definition) is 5. The molecule has 1 unspecified atom stereocenters. The molecule has 1 fully saturated rings. The molecule has 6 nitrogen and oxygen atoms in total. The Morgan fingerprint density at radius 1 is 1.67 bits per heavy atom. The van der Waals surface area contributed by atoms with E-state index in [1.54, 1.807) is 18.0 Å². The Morgan fingerprint density at radius 3 is 3.00 bits per heavy atom. The van der Waals surface area contributed by atoms with Crippen molar-refractivity contribution in [2.45, 2.75) is 25.6 Å². The summed E-state index contributed by atoms with van der Waals surface area (Å²) in [6, 6.07) is 1.63. The van der Waals surface area contributed by atoms with Gasteiger partial charge in [0.2, 0.25) is 0 Å². The fraction of sp³-hybridized carbons (Fsp3) is 0.571. The molecule has 2 rings (SSSR count). The molecule has 1 saturated heterocycles. The molecule has 0 radical (unpaired) electrons. The maximum atomic E-state index is 12.7. The van der Waals surface area contributed by atoms with Crippen molar-refractivity contribution < 1.29 is 14.6 Å². The van der Waals surface area contributed by atoms with Crippen molar-refractivity contribution in [1.82, 2.24) is 9.88 Å². The lowest BCUT2D eigenvalue weighted by Crippen LogP contribution is -2.55. The van der Waals surface area contributed by atoms with E-state index in [9.17, 15) is 9.90 Å². The smallest absolute Gasteiger partial charge is 0.255 e. The zero-order valence-electron chi connectivity index (χ0n) is 12.4. The number of aromatic nitrogens is 1. The molecule has 1 aliphatic rings. The van der Waals surface area contributed by atoms with Crippen molar-refractivity contribution in [2.24, 2.45) is 0 Å². The van der Waals surface area contributed by atoms with Crippen molar-refractivity contribution in [1.29, 1.82) is 0 Å². The molecule has 21 heavy (non-hydrogen) atoms. The number of pyridine rings is 1. The number of hydrogen-bond donors (Lipinski definition) is 2. The Kier molecular flexibility index (Phi) is 4.70. The highest BCUT2D eigenvalue weighted by atomic mass is 35.5. The van der Waals surface area contributed by atoms with Gasteiger partial charge in [-0.15, -0.1) is 0 Å². The number of morpholine rings is 1. The summed E-state index contributed by atoms with van der Waals surface area (Å²) in [5, 5.41) is 12.5. The van der Waals surface area contributed by atoms with Gasteiger partial charge in [-0.3, -0.25) is 4.79 Å². The van der Waals surface area contributed by atoms with E-state index in [4.69, 9.17) is 16.3 Å². The van der Waals surface area contributed by atoms with Gasteiger partial charge in [0.05, 0.1) is 28.9 Å². The van der Waals surface area contributed by atoms with Crippen LogP contribution in [0.5, 0.6) is 0 Å². The van der Waals surface area contributed by atoms with Crippen LogP contribution in [0.4, 0.5) is 5.82 Å². The van der Waals surface area contributed by atoms with Gasteiger partial charge in [0, 0.05) is 26.3 Å². The molecular formula is C14H20ClN3O3. The summed E-state index contributed by atoms with van der Waals surface area (Å²) in [5.41, 5.74) is -0.113. The van der Waals surface area contributed by atoms with Crippen LogP contribution in [-0.4, -0.2) is 59.3 Å². The third-order valence-corrected chi connectivity index (χ3v) is 3.62. The molecule has 0 bridgehead atoms. The molecule has 1 aliphatic heterocycles. The van der Waals surface area contributed by atoms with E-state index in [-0.39, 0.29) is 18.6 Å². The minimum Gasteiger partial charge on any atom is -0.394 e. The molecule has 2 N–H and O–H groups in total. The number of nitrogens with zero attached hydrogens (tertiary/aromatic N) is 2. The second-order valence-corrected chi connectivity index (χ2v) is 6.07. The number of rotatable bonds is 3. The third-order valence-electron chi connectivity index (χ3n) is 3.31. The number of ether oxygens (including phenoxy) is 1. The summed E-state index contributed by atoms with van der Waals surface area (Å²) in [7, 11) is 1.73. The topological polar surface area (TPSA) is 74.7 Å². The molecule has 0 aromatic carbocycles. The second-order valence-electron chi connectivity index (χ2n) is 5.67. The van der Waals surface area contributed by atoms with Gasteiger partial charge in [-0.1, -0.05) is 11.6 Å². The summed E-state index contributed by atoms with van der Waals surface area (Å²) >= 11 is 6.09. The molecule has 2 heterocycles. The first-order valence-electron chi connectivity index (χ1n) is 6.77. The predicted molar refractivity (Wildman–Crippen MR) is 80.7 cm³/mol. The van der Waals surface area contributed by atoms with Crippen molar-refractivity contribution in [3.63, 3.8) is 0 Å². The SMILES string of the molecule is CNc1cc(C(=O)N2CC(CO)OC(C)(C)C2)c(Cl)cn1. The minimum atomic E-state index is -0.507. The minimum absolute atomic E-state index is 0.126. The Morgan fingerprint density at radius 2 is 2.38 bits per heavy atom. The molecule has 116 valence electrons. The molecule has 1 amide bonds. The van der Waals surface area contributed by atoms with Crippen LogP contribution in [0, 0.1) is 0 Å². The number of halogens is 1. The summed E-state index contributed by atoms with van der Waals surface area (Å²) < 4.78 is 5.71. The van der Waals surface area contributed by atoms with Gasteiger partial charge in [-0.05, 0) is 19.9 Å². The number of aliphatic hydroxyl groups excluding tert-OH is 1. The quantitative estimate of drug-likeness (QED) is 0.882. The Hall–Kier alpha value is -1.37. The molecule has 1 aromatic rings. The summed E-state index contributed by atoms with van der Waals surface area (Å²) in [4.78, 5) is 18.4. The Balaban J connectivity index is 2.26. The van der Waals surface area contributed by atoms with Crippen molar-refractivity contribution in [3.05, 3.63) is 22.8 Å². The third kappa shape index (κ3) is 3.64. The zero-order chi connectivity index (χ0) is 15.6. The van der Waals surface area contributed by atoms with Crippen LogP contribution in [0.15, 0.2) is 12.3 Å². The molecule has 0 aliphatic carbocycles. The fourth-order valence-corrected chi connectivity index (χ4v) is 2.64. The fourth-order valence-electron chi connectivity index (χ4n) is 2.46. The monoisotopic (exact) mass is 313 g/mol. The molecule has 0 spiro atoms. The average Bonchev–Trinajstić information content (AvgIpc) is 2.45.